The van der Waals surface area contributed by atoms with Crippen LogP contribution in [0.1, 0.15) is 56.2 Å². The summed E-state index contributed by atoms with van der Waals surface area (Å²) < 4.78 is 0. The lowest BCUT2D eigenvalue weighted by Gasteiger charge is -2.33. The van der Waals surface area contributed by atoms with Crippen molar-refractivity contribution < 1.29 is 9.59 Å². The Morgan fingerprint density at radius 3 is 2.45 bits per heavy atom. The molecule has 1 aromatic carbocycles. The number of aromatic nitrogens is 1. The van der Waals surface area contributed by atoms with E-state index in [1.165, 1.54) is 17.8 Å². The minimum absolute atomic E-state index is 0.0798. The molecule has 0 radical (unpaired) electrons. The maximum absolute atomic E-state index is 12.6. The van der Waals surface area contributed by atoms with E-state index in [-0.39, 0.29) is 23.3 Å². The van der Waals surface area contributed by atoms with Crippen LogP contribution < -0.4 is 16.6 Å². The SMILES string of the molecule is Cc1cc(C2CCN(C(=O)c3ccc(=O)[nH]c3)CC2)c(C)cc1C(=O)NC(=N)N. The molecule has 5 N–H and O–H groups in total. The largest absolute Gasteiger partial charge is 0.370 e. The van der Waals surface area contributed by atoms with E-state index in [1.54, 1.807) is 11.0 Å². The van der Waals surface area contributed by atoms with Crippen molar-refractivity contribution in [3.05, 3.63) is 68.6 Å². The Morgan fingerprint density at radius 2 is 1.86 bits per heavy atom. The van der Waals surface area contributed by atoms with Crippen LogP contribution in [0, 0.1) is 19.3 Å². The molecule has 29 heavy (non-hydrogen) atoms. The number of pyridine rings is 1. The van der Waals surface area contributed by atoms with Gasteiger partial charge in [-0.25, -0.2) is 0 Å². The molecule has 1 saturated heterocycles. The molecule has 1 aliphatic heterocycles. The van der Waals surface area contributed by atoms with Crippen molar-refractivity contribution in [1.82, 2.24) is 15.2 Å². The molecule has 3 rings (SSSR count). The Balaban J connectivity index is 1.70. The van der Waals surface area contributed by atoms with Crippen LogP contribution >= 0.6 is 0 Å². The maximum Gasteiger partial charge on any atom is 0.258 e. The van der Waals surface area contributed by atoms with Crippen molar-refractivity contribution in [2.45, 2.75) is 32.6 Å². The number of rotatable bonds is 3. The Morgan fingerprint density at radius 1 is 1.17 bits per heavy atom. The number of benzene rings is 1. The first-order valence-electron chi connectivity index (χ1n) is 9.51. The highest BCUT2D eigenvalue weighted by Crippen LogP contribution is 2.32. The van der Waals surface area contributed by atoms with Crippen LogP contribution in [-0.4, -0.2) is 40.7 Å². The third-order valence-corrected chi connectivity index (χ3v) is 5.36. The van der Waals surface area contributed by atoms with E-state index < -0.39 is 0 Å². The Labute approximate surface area is 168 Å². The number of aryl methyl sites for hydroxylation is 2. The molecular weight excluding hydrogens is 370 g/mol. The second-order valence-electron chi connectivity index (χ2n) is 7.40. The first-order chi connectivity index (χ1) is 13.8. The molecule has 8 nitrogen and oxygen atoms in total. The van der Waals surface area contributed by atoms with Crippen LogP contribution in [0.5, 0.6) is 0 Å². The Bertz CT molecular complexity index is 999. The zero-order chi connectivity index (χ0) is 21.1. The third-order valence-electron chi connectivity index (χ3n) is 5.36. The van der Waals surface area contributed by atoms with Gasteiger partial charge in [-0.2, -0.15) is 0 Å². The molecule has 0 aliphatic carbocycles. The quantitative estimate of drug-likeness (QED) is 0.464. The van der Waals surface area contributed by atoms with Crippen LogP contribution in [0.3, 0.4) is 0 Å². The lowest BCUT2D eigenvalue weighted by atomic mass is 9.84. The molecule has 1 aromatic heterocycles. The Kier molecular flexibility index (Phi) is 5.81. The normalized spacial score (nSPS) is 14.5. The number of amides is 2. The molecule has 0 atom stereocenters. The van der Waals surface area contributed by atoms with Gasteiger partial charge in [0.2, 0.25) is 5.56 Å². The van der Waals surface area contributed by atoms with E-state index in [4.69, 9.17) is 11.1 Å². The van der Waals surface area contributed by atoms with Gasteiger partial charge in [-0.15, -0.1) is 0 Å². The van der Waals surface area contributed by atoms with Crippen molar-refractivity contribution in [3.8, 4) is 0 Å². The van der Waals surface area contributed by atoms with E-state index in [0.717, 1.165) is 24.0 Å². The molecule has 152 valence electrons. The maximum atomic E-state index is 12.6. The van der Waals surface area contributed by atoms with Crippen LogP contribution in [0.4, 0.5) is 0 Å². The standard InChI is InChI=1S/C21H25N5O3/c1-12-10-17(19(28)25-21(22)23)13(2)9-16(12)14-5-7-26(8-6-14)20(29)15-3-4-18(27)24-11-15/h3-4,9-11,14H,5-8H2,1-2H3,(H,24,27)(H4,22,23,25,28). The van der Waals surface area contributed by atoms with E-state index in [0.29, 0.717) is 30.1 Å². The summed E-state index contributed by atoms with van der Waals surface area (Å²) in [4.78, 5) is 40.3. The average molecular weight is 395 g/mol. The second-order valence-corrected chi connectivity index (χ2v) is 7.40. The monoisotopic (exact) mass is 395 g/mol. The number of piperidine rings is 1. The second kappa shape index (κ2) is 8.30. The van der Waals surface area contributed by atoms with Gasteiger partial charge in [0.1, 0.15) is 0 Å². The van der Waals surface area contributed by atoms with Crippen molar-refractivity contribution in [3.63, 3.8) is 0 Å². The zero-order valence-corrected chi connectivity index (χ0v) is 16.5. The summed E-state index contributed by atoms with van der Waals surface area (Å²) in [5.41, 5.74) is 9.03. The number of nitrogens with one attached hydrogen (secondary N) is 3. The predicted molar refractivity (Wildman–Crippen MR) is 110 cm³/mol. The molecule has 1 fully saturated rings. The van der Waals surface area contributed by atoms with Crippen LogP contribution in [0.15, 0.2) is 35.3 Å². The lowest BCUT2D eigenvalue weighted by Crippen LogP contribution is -2.38. The van der Waals surface area contributed by atoms with Crippen LogP contribution in [0.2, 0.25) is 0 Å². The van der Waals surface area contributed by atoms with E-state index in [2.05, 4.69) is 10.3 Å². The number of guanidine groups is 1. The molecule has 0 spiro atoms. The van der Waals surface area contributed by atoms with E-state index >= 15 is 0 Å². The molecule has 2 amide bonds. The van der Waals surface area contributed by atoms with Gasteiger partial charge in [-0.1, -0.05) is 6.07 Å². The van der Waals surface area contributed by atoms with Gasteiger partial charge in [-0.3, -0.25) is 25.1 Å². The molecular formula is C21H25N5O3. The highest BCUT2D eigenvalue weighted by Gasteiger charge is 2.26. The number of aromatic amines is 1. The molecule has 2 heterocycles. The van der Waals surface area contributed by atoms with Crippen molar-refractivity contribution >= 4 is 17.8 Å². The first-order valence-corrected chi connectivity index (χ1v) is 9.51. The van der Waals surface area contributed by atoms with Gasteiger partial charge in [0.15, 0.2) is 5.96 Å². The minimum atomic E-state index is -0.383. The van der Waals surface area contributed by atoms with Gasteiger partial charge in [-0.05, 0) is 61.4 Å². The fourth-order valence-corrected chi connectivity index (χ4v) is 3.83. The van der Waals surface area contributed by atoms with Crippen molar-refractivity contribution in [2.24, 2.45) is 5.73 Å². The molecule has 0 saturated carbocycles. The number of hydrogen-bond acceptors (Lipinski definition) is 4. The van der Waals surface area contributed by atoms with Gasteiger partial charge in [0.05, 0.1) is 5.56 Å². The number of carbonyl (C=O) groups is 2. The van der Waals surface area contributed by atoms with Crippen molar-refractivity contribution in [2.75, 3.05) is 13.1 Å². The average Bonchev–Trinajstić information content (AvgIpc) is 2.69. The number of carbonyl (C=O) groups excluding carboxylic acids is 2. The molecule has 0 bridgehead atoms. The van der Waals surface area contributed by atoms with Gasteiger partial charge >= 0.3 is 0 Å². The molecule has 0 unspecified atom stereocenters. The topological polar surface area (TPSA) is 132 Å². The lowest BCUT2D eigenvalue weighted by molar-refractivity contribution is 0.0712. The summed E-state index contributed by atoms with van der Waals surface area (Å²) in [5, 5.41) is 9.54. The predicted octanol–water partition coefficient (Wildman–Crippen LogP) is 1.63. The zero-order valence-electron chi connectivity index (χ0n) is 16.5. The number of H-pyrrole nitrogens is 1. The highest BCUT2D eigenvalue weighted by molar-refractivity contribution is 6.05. The van der Waals surface area contributed by atoms with Gasteiger partial charge in [0.25, 0.3) is 11.8 Å². The van der Waals surface area contributed by atoms with Crippen LogP contribution in [-0.2, 0) is 0 Å². The number of nitrogens with zero attached hydrogens (tertiary/aromatic N) is 1. The highest BCUT2D eigenvalue weighted by atomic mass is 16.2. The molecule has 1 aliphatic rings. The first kappa shape index (κ1) is 20.3. The van der Waals surface area contributed by atoms with E-state index in [9.17, 15) is 14.4 Å². The molecule has 8 heteroatoms. The fourth-order valence-electron chi connectivity index (χ4n) is 3.83. The van der Waals surface area contributed by atoms with E-state index in [1.807, 2.05) is 26.0 Å². The van der Waals surface area contributed by atoms with Gasteiger partial charge < -0.3 is 15.6 Å². The smallest absolute Gasteiger partial charge is 0.258 e. The molecule has 2 aromatic rings. The summed E-state index contributed by atoms with van der Waals surface area (Å²) in [6.07, 6.45) is 3.11. The third kappa shape index (κ3) is 4.53. The summed E-state index contributed by atoms with van der Waals surface area (Å²) in [5.74, 6) is -0.538. The van der Waals surface area contributed by atoms with Crippen LogP contribution in [0.25, 0.3) is 0 Å². The summed E-state index contributed by atoms with van der Waals surface area (Å²) in [7, 11) is 0. The summed E-state index contributed by atoms with van der Waals surface area (Å²) in [6, 6.07) is 6.76. The fraction of sp³-hybridized carbons (Fsp3) is 0.333. The minimum Gasteiger partial charge on any atom is -0.370 e. The number of nitrogens with two attached hydrogens (primary N) is 1. The van der Waals surface area contributed by atoms with Gasteiger partial charge in [0, 0.05) is 30.9 Å². The summed E-state index contributed by atoms with van der Waals surface area (Å²) >= 11 is 0. The Hall–Kier alpha value is -3.42. The number of hydrogen-bond donors (Lipinski definition) is 4. The van der Waals surface area contributed by atoms with Crippen molar-refractivity contribution in [1.29, 1.82) is 5.41 Å². The summed E-state index contributed by atoms with van der Waals surface area (Å²) in [6.45, 7) is 5.10. The number of likely N-dealkylation sites (tertiary alicyclic amines) is 1.